The molecule has 0 spiro atoms. The molecule has 1 aliphatic heterocycles. The average molecular weight is 240 g/mol. The SMILES string of the molecule is CS(=O)(=O)N1CCN(c2c[c]cnc2)CC1. The second-order valence-electron chi connectivity index (χ2n) is 3.79. The number of hydrogen-bond donors (Lipinski definition) is 0. The molecule has 0 atom stereocenters. The van der Waals surface area contributed by atoms with Gasteiger partial charge in [-0.15, -0.1) is 0 Å². The van der Waals surface area contributed by atoms with Crippen molar-refractivity contribution >= 4 is 15.7 Å². The van der Waals surface area contributed by atoms with Crippen LogP contribution in [0.1, 0.15) is 0 Å². The maximum absolute atomic E-state index is 11.3. The number of hydrogen-bond acceptors (Lipinski definition) is 4. The van der Waals surface area contributed by atoms with Crippen LogP contribution >= 0.6 is 0 Å². The van der Waals surface area contributed by atoms with Crippen molar-refractivity contribution in [2.24, 2.45) is 0 Å². The number of pyridine rings is 1. The van der Waals surface area contributed by atoms with Gasteiger partial charge in [-0.2, -0.15) is 4.31 Å². The van der Waals surface area contributed by atoms with Gasteiger partial charge in [0.25, 0.3) is 0 Å². The lowest BCUT2D eigenvalue weighted by Gasteiger charge is -2.34. The van der Waals surface area contributed by atoms with Crippen molar-refractivity contribution in [3.8, 4) is 0 Å². The lowest BCUT2D eigenvalue weighted by Crippen LogP contribution is -2.48. The fourth-order valence-corrected chi connectivity index (χ4v) is 2.59. The molecule has 0 aliphatic carbocycles. The molecule has 2 heterocycles. The smallest absolute Gasteiger partial charge is 0.211 e. The fourth-order valence-electron chi connectivity index (χ4n) is 1.77. The maximum Gasteiger partial charge on any atom is 0.211 e. The Kier molecular flexibility index (Phi) is 3.11. The van der Waals surface area contributed by atoms with Crippen LogP contribution in [0.4, 0.5) is 5.69 Å². The van der Waals surface area contributed by atoms with Gasteiger partial charge in [-0.05, 0) is 6.07 Å². The Morgan fingerprint density at radius 1 is 1.31 bits per heavy atom. The molecule has 0 N–H and O–H groups in total. The van der Waals surface area contributed by atoms with Crippen molar-refractivity contribution < 1.29 is 8.42 Å². The van der Waals surface area contributed by atoms with Gasteiger partial charge < -0.3 is 4.90 Å². The molecule has 1 fully saturated rings. The highest BCUT2D eigenvalue weighted by Crippen LogP contribution is 2.15. The molecule has 0 saturated carbocycles. The molecule has 16 heavy (non-hydrogen) atoms. The largest absolute Gasteiger partial charge is 0.368 e. The van der Waals surface area contributed by atoms with Crippen molar-refractivity contribution in [3.05, 3.63) is 24.5 Å². The van der Waals surface area contributed by atoms with Crippen LogP contribution in [0.15, 0.2) is 18.5 Å². The Morgan fingerprint density at radius 2 is 2.00 bits per heavy atom. The van der Waals surface area contributed by atoms with Gasteiger partial charge in [-0.25, -0.2) is 8.42 Å². The Hall–Kier alpha value is -1.14. The molecule has 0 unspecified atom stereocenters. The van der Waals surface area contributed by atoms with Crippen LogP contribution in [0.25, 0.3) is 0 Å². The van der Waals surface area contributed by atoms with E-state index in [9.17, 15) is 8.42 Å². The first-order valence-electron chi connectivity index (χ1n) is 5.08. The van der Waals surface area contributed by atoms with Crippen LogP contribution in [0.2, 0.25) is 0 Å². The molecule has 1 aromatic heterocycles. The van der Waals surface area contributed by atoms with Gasteiger partial charge >= 0.3 is 0 Å². The molecular formula is C10H14N3O2S. The van der Waals surface area contributed by atoms with Crippen LogP contribution < -0.4 is 4.90 Å². The third-order valence-electron chi connectivity index (χ3n) is 2.66. The number of nitrogens with zero attached hydrogens (tertiary/aromatic N) is 3. The quantitative estimate of drug-likeness (QED) is 0.728. The number of sulfonamides is 1. The summed E-state index contributed by atoms with van der Waals surface area (Å²) in [5.74, 6) is 0. The zero-order chi connectivity index (χ0) is 11.6. The number of aromatic nitrogens is 1. The van der Waals surface area contributed by atoms with E-state index in [2.05, 4.69) is 16.0 Å². The molecule has 0 aromatic carbocycles. The molecule has 0 amide bonds. The minimum absolute atomic E-state index is 0.535. The standard InChI is InChI=1S/C10H14N3O2S/c1-16(14,15)13-7-5-12(6-8-13)10-3-2-4-11-9-10/h3-4,9H,5-8H2,1H3. The van der Waals surface area contributed by atoms with E-state index in [-0.39, 0.29) is 0 Å². The second kappa shape index (κ2) is 4.39. The molecule has 2 rings (SSSR count). The molecule has 5 nitrogen and oxygen atoms in total. The summed E-state index contributed by atoms with van der Waals surface area (Å²) in [4.78, 5) is 6.11. The maximum atomic E-state index is 11.3. The molecular weight excluding hydrogens is 226 g/mol. The van der Waals surface area contributed by atoms with Gasteiger partial charge in [0.05, 0.1) is 18.1 Å². The van der Waals surface area contributed by atoms with E-state index in [0.29, 0.717) is 26.2 Å². The lowest BCUT2D eigenvalue weighted by atomic mass is 10.3. The molecule has 1 aliphatic rings. The van der Waals surface area contributed by atoms with E-state index >= 15 is 0 Å². The molecule has 87 valence electrons. The number of rotatable bonds is 2. The van der Waals surface area contributed by atoms with Crippen molar-refractivity contribution in [1.82, 2.24) is 9.29 Å². The summed E-state index contributed by atoms with van der Waals surface area (Å²) in [6.45, 7) is 2.47. The lowest BCUT2D eigenvalue weighted by molar-refractivity contribution is 0.388. The van der Waals surface area contributed by atoms with Gasteiger partial charge in [-0.3, -0.25) is 4.98 Å². The molecule has 6 heteroatoms. The van der Waals surface area contributed by atoms with Crippen LogP contribution in [-0.2, 0) is 10.0 Å². The Morgan fingerprint density at radius 3 is 2.50 bits per heavy atom. The van der Waals surface area contributed by atoms with Gasteiger partial charge in [0, 0.05) is 38.4 Å². The van der Waals surface area contributed by atoms with E-state index in [0.717, 1.165) is 5.69 Å². The third-order valence-corrected chi connectivity index (χ3v) is 3.96. The van der Waals surface area contributed by atoms with Crippen LogP contribution in [0.3, 0.4) is 0 Å². The normalized spacial score (nSPS) is 18.7. The average Bonchev–Trinajstić information content (AvgIpc) is 2.29. The number of piperazine rings is 1. The third kappa shape index (κ3) is 2.51. The second-order valence-corrected chi connectivity index (χ2v) is 5.77. The summed E-state index contributed by atoms with van der Waals surface area (Å²) in [5, 5.41) is 0. The van der Waals surface area contributed by atoms with E-state index in [1.807, 2.05) is 6.07 Å². The minimum atomic E-state index is -3.05. The topological polar surface area (TPSA) is 53.5 Å². The van der Waals surface area contributed by atoms with Crippen molar-refractivity contribution in [2.45, 2.75) is 0 Å². The summed E-state index contributed by atoms with van der Waals surface area (Å²) < 4.78 is 24.1. The van der Waals surface area contributed by atoms with Crippen molar-refractivity contribution in [2.75, 3.05) is 37.3 Å². The summed E-state index contributed by atoms with van der Waals surface area (Å²) in [6.07, 6.45) is 4.63. The summed E-state index contributed by atoms with van der Waals surface area (Å²) in [6, 6.07) is 4.78. The van der Waals surface area contributed by atoms with Crippen molar-refractivity contribution in [1.29, 1.82) is 0 Å². The van der Waals surface area contributed by atoms with Crippen LogP contribution in [0.5, 0.6) is 0 Å². The Labute approximate surface area is 95.8 Å². The van der Waals surface area contributed by atoms with E-state index < -0.39 is 10.0 Å². The summed E-state index contributed by atoms with van der Waals surface area (Å²) in [5.41, 5.74) is 0.996. The zero-order valence-electron chi connectivity index (χ0n) is 9.13. The van der Waals surface area contributed by atoms with Gasteiger partial charge in [-0.1, -0.05) is 0 Å². The highest BCUT2D eigenvalue weighted by Gasteiger charge is 2.23. The van der Waals surface area contributed by atoms with Gasteiger partial charge in [0.15, 0.2) is 0 Å². The van der Waals surface area contributed by atoms with Crippen molar-refractivity contribution in [3.63, 3.8) is 0 Å². The van der Waals surface area contributed by atoms with E-state index in [1.54, 1.807) is 12.4 Å². The summed E-state index contributed by atoms with van der Waals surface area (Å²) >= 11 is 0. The fraction of sp³-hybridized carbons (Fsp3) is 0.500. The number of anilines is 1. The highest BCUT2D eigenvalue weighted by atomic mass is 32.2. The first kappa shape index (κ1) is 11.3. The van der Waals surface area contributed by atoms with Gasteiger partial charge in [0.2, 0.25) is 10.0 Å². The monoisotopic (exact) mass is 240 g/mol. The first-order chi connectivity index (χ1) is 7.57. The molecule has 0 bridgehead atoms. The Bertz CT molecular complexity index is 438. The molecule has 1 radical (unpaired) electrons. The zero-order valence-corrected chi connectivity index (χ0v) is 9.94. The molecule has 1 saturated heterocycles. The predicted octanol–water partition coefficient (Wildman–Crippen LogP) is -0.0366. The minimum Gasteiger partial charge on any atom is -0.368 e. The van der Waals surface area contributed by atoms with E-state index in [4.69, 9.17) is 0 Å². The summed E-state index contributed by atoms with van der Waals surface area (Å²) in [7, 11) is -3.05. The van der Waals surface area contributed by atoms with Crippen LogP contribution in [0, 0.1) is 6.07 Å². The van der Waals surface area contributed by atoms with Crippen LogP contribution in [-0.4, -0.2) is 50.1 Å². The molecule has 1 aromatic rings. The Balaban J connectivity index is 2.01. The highest BCUT2D eigenvalue weighted by molar-refractivity contribution is 7.88. The predicted molar refractivity (Wildman–Crippen MR) is 61.7 cm³/mol. The van der Waals surface area contributed by atoms with Gasteiger partial charge in [0.1, 0.15) is 0 Å². The first-order valence-corrected chi connectivity index (χ1v) is 6.93. The van der Waals surface area contributed by atoms with E-state index in [1.165, 1.54) is 10.6 Å².